The topological polar surface area (TPSA) is 32.3 Å². The molecule has 0 aliphatic carbocycles. The zero-order chi connectivity index (χ0) is 14.1. The minimum Gasteiger partial charge on any atom is -0.396 e. The number of hydrogen-bond donors (Lipinski definition) is 2. The molecule has 1 aromatic carbocycles. The van der Waals surface area contributed by atoms with E-state index in [-0.39, 0.29) is 0 Å². The van der Waals surface area contributed by atoms with Crippen molar-refractivity contribution in [3.63, 3.8) is 0 Å². The Morgan fingerprint density at radius 3 is 2.32 bits per heavy atom. The normalized spacial score (nSPS) is 14.3. The van der Waals surface area contributed by atoms with Gasteiger partial charge in [-0.1, -0.05) is 44.5 Å². The third-order valence-corrected chi connectivity index (χ3v) is 3.83. The van der Waals surface area contributed by atoms with Crippen molar-refractivity contribution >= 4 is 0 Å². The van der Waals surface area contributed by atoms with Crippen molar-refractivity contribution in [1.29, 1.82) is 0 Å². The average molecular weight is 263 g/mol. The Morgan fingerprint density at radius 2 is 1.79 bits per heavy atom. The third kappa shape index (κ3) is 5.75. The van der Waals surface area contributed by atoms with Gasteiger partial charge in [0.25, 0.3) is 0 Å². The highest BCUT2D eigenvalue weighted by molar-refractivity contribution is 5.24. The van der Waals surface area contributed by atoms with Crippen LogP contribution < -0.4 is 5.32 Å². The molecule has 2 N–H and O–H groups in total. The van der Waals surface area contributed by atoms with E-state index in [0.29, 0.717) is 18.6 Å². The van der Waals surface area contributed by atoms with Crippen molar-refractivity contribution < 1.29 is 5.11 Å². The van der Waals surface area contributed by atoms with E-state index in [1.807, 2.05) is 0 Å². The van der Waals surface area contributed by atoms with Crippen molar-refractivity contribution in [2.45, 2.75) is 52.5 Å². The lowest BCUT2D eigenvalue weighted by Gasteiger charge is -2.20. The zero-order valence-corrected chi connectivity index (χ0v) is 12.7. The van der Waals surface area contributed by atoms with Gasteiger partial charge < -0.3 is 10.4 Å². The Bertz CT molecular complexity index is 328. The smallest absolute Gasteiger partial charge is 0.0434 e. The Balaban J connectivity index is 2.45. The van der Waals surface area contributed by atoms with Gasteiger partial charge in [0.05, 0.1) is 0 Å². The summed E-state index contributed by atoms with van der Waals surface area (Å²) in [4.78, 5) is 0. The first kappa shape index (κ1) is 16.2. The molecule has 0 radical (unpaired) electrons. The predicted octanol–water partition coefficient (Wildman–Crippen LogP) is 3.70. The van der Waals surface area contributed by atoms with Crippen LogP contribution in [0.1, 0.15) is 57.2 Å². The number of rotatable bonds is 9. The van der Waals surface area contributed by atoms with E-state index in [0.717, 1.165) is 19.4 Å². The Hall–Kier alpha value is -0.860. The summed E-state index contributed by atoms with van der Waals surface area (Å²) in [5.41, 5.74) is 2.73. The summed E-state index contributed by atoms with van der Waals surface area (Å²) < 4.78 is 0. The fraction of sp³-hybridized carbons (Fsp3) is 0.647. The van der Waals surface area contributed by atoms with Crippen LogP contribution in [0.15, 0.2) is 24.3 Å². The summed E-state index contributed by atoms with van der Waals surface area (Å²) in [5.74, 6) is 0.590. The van der Waals surface area contributed by atoms with Gasteiger partial charge in [-0.3, -0.25) is 0 Å². The maximum atomic E-state index is 9.08. The minimum absolute atomic E-state index is 0.298. The number of nitrogens with one attached hydrogen (secondary N) is 1. The zero-order valence-electron chi connectivity index (χ0n) is 12.7. The molecule has 0 heterocycles. The Labute approximate surface area is 118 Å². The highest BCUT2D eigenvalue weighted by Crippen LogP contribution is 2.16. The second-order valence-electron chi connectivity index (χ2n) is 5.39. The second kappa shape index (κ2) is 9.11. The molecule has 0 amide bonds. The first-order valence-corrected chi connectivity index (χ1v) is 7.64. The quantitative estimate of drug-likeness (QED) is 0.712. The van der Waals surface area contributed by atoms with E-state index < -0.39 is 0 Å². The monoisotopic (exact) mass is 263 g/mol. The van der Waals surface area contributed by atoms with Crippen molar-refractivity contribution in [3.8, 4) is 0 Å². The second-order valence-corrected chi connectivity index (χ2v) is 5.39. The highest BCUT2D eigenvalue weighted by Gasteiger charge is 2.10. The summed E-state index contributed by atoms with van der Waals surface area (Å²) in [5, 5.41) is 12.7. The van der Waals surface area contributed by atoms with Gasteiger partial charge in [0.15, 0.2) is 0 Å². The van der Waals surface area contributed by atoms with Crippen LogP contribution in [0.5, 0.6) is 0 Å². The molecule has 1 rings (SSSR count). The molecule has 0 saturated heterocycles. The Morgan fingerprint density at radius 1 is 1.11 bits per heavy atom. The van der Waals surface area contributed by atoms with Crippen molar-refractivity contribution in [2.24, 2.45) is 5.92 Å². The number of aliphatic hydroxyl groups is 1. The molecule has 0 spiro atoms. The molecule has 2 atom stereocenters. The van der Waals surface area contributed by atoms with Crippen molar-refractivity contribution in [3.05, 3.63) is 35.4 Å². The molecule has 2 heteroatoms. The van der Waals surface area contributed by atoms with Crippen LogP contribution in [0.3, 0.4) is 0 Å². The molecule has 0 aromatic heterocycles. The average Bonchev–Trinajstić information content (AvgIpc) is 2.45. The van der Waals surface area contributed by atoms with Crippen LogP contribution in [-0.4, -0.2) is 18.3 Å². The summed E-state index contributed by atoms with van der Waals surface area (Å²) in [6, 6.07) is 9.24. The SMILES string of the molecule is CCCC(CCO)CNC(C)c1ccc(CC)cc1. The van der Waals surface area contributed by atoms with E-state index in [4.69, 9.17) is 5.11 Å². The summed E-state index contributed by atoms with van der Waals surface area (Å²) in [6.07, 6.45) is 4.38. The van der Waals surface area contributed by atoms with Gasteiger partial charge in [-0.25, -0.2) is 0 Å². The van der Waals surface area contributed by atoms with Gasteiger partial charge >= 0.3 is 0 Å². The molecule has 0 saturated carbocycles. The number of hydrogen-bond acceptors (Lipinski definition) is 2. The van der Waals surface area contributed by atoms with E-state index in [2.05, 4.69) is 50.4 Å². The molecule has 2 nitrogen and oxygen atoms in total. The standard InChI is InChI=1S/C17H29NO/c1-4-6-16(11-12-19)13-18-14(3)17-9-7-15(5-2)8-10-17/h7-10,14,16,18-19H,4-6,11-13H2,1-3H3. The molecule has 0 aliphatic heterocycles. The molecule has 2 unspecified atom stereocenters. The lowest BCUT2D eigenvalue weighted by atomic mass is 9.99. The van der Waals surface area contributed by atoms with Crippen LogP contribution in [0.2, 0.25) is 0 Å². The summed E-state index contributed by atoms with van der Waals surface area (Å²) in [7, 11) is 0. The first-order chi connectivity index (χ1) is 9.21. The van der Waals surface area contributed by atoms with Crippen LogP contribution in [0.4, 0.5) is 0 Å². The van der Waals surface area contributed by atoms with Crippen LogP contribution in [0, 0.1) is 5.92 Å². The molecule has 0 fully saturated rings. The largest absolute Gasteiger partial charge is 0.396 e. The van der Waals surface area contributed by atoms with E-state index >= 15 is 0 Å². The molecule has 0 aliphatic rings. The van der Waals surface area contributed by atoms with Crippen molar-refractivity contribution in [1.82, 2.24) is 5.32 Å². The molecule has 0 bridgehead atoms. The molecule has 1 aromatic rings. The van der Waals surface area contributed by atoms with Gasteiger partial charge in [0.1, 0.15) is 0 Å². The summed E-state index contributed by atoms with van der Waals surface area (Å²) in [6.45, 7) is 7.89. The van der Waals surface area contributed by atoms with Gasteiger partial charge in [-0.05, 0) is 49.8 Å². The molecule has 19 heavy (non-hydrogen) atoms. The molecular weight excluding hydrogens is 234 g/mol. The fourth-order valence-electron chi connectivity index (χ4n) is 2.44. The fourth-order valence-corrected chi connectivity index (χ4v) is 2.44. The van der Waals surface area contributed by atoms with Gasteiger partial charge in [-0.2, -0.15) is 0 Å². The highest BCUT2D eigenvalue weighted by atomic mass is 16.3. The van der Waals surface area contributed by atoms with Crippen LogP contribution in [-0.2, 0) is 6.42 Å². The lowest BCUT2D eigenvalue weighted by Crippen LogP contribution is -2.26. The minimum atomic E-state index is 0.298. The Kier molecular flexibility index (Phi) is 7.76. The summed E-state index contributed by atoms with van der Waals surface area (Å²) >= 11 is 0. The molecule has 108 valence electrons. The number of aryl methyl sites for hydroxylation is 1. The van der Waals surface area contributed by atoms with E-state index in [9.17, 15) is 0 Å². The number of aliphatic hydroxyl groups excluding tert-OH is 1. The van der Waals surface area contributed by atoms with E-state index in [1.165, 1.54) is 24.0 Å². The van der Waals surface area contributed by atoms with Crippen LogP contribution in [0.25, 0.3) is 0 Å². The van der Waals surface area contributed by atoms with E-state index in [1.54, 1.807) is 0 Å². The maximum absolute atomic E-state index is 9.08. The first-order valence-electron chi connectivity index (χ1n) is 7.64. The predicted molar refractivity (Wildman–Crippen MR) is 82.3 cm³/mol. The molecular formula is C17H29NO. The van der Waals surface area contributed by atoms with Crippen molar-refractivity contribution in [2.75, 3.05) is 13.2 Å². The van der Waals surface area contributed by atoms with Gasteiger partial charge in [0, 0.05) is 12.6 Å². The maximum Gasteiger partial charge on any atom is 0.0434 e. The third-order valence-electron chi connectivity index (χ3n) is 3.83. The van der Waals surface area contributed by atoms with Crippen LogP contribution >= 0.6 is 0 Å². The van der Waals surface area contributed by atoms with Gasteiger partial charge in [-0.15, -0.1) is 0 Å². The number of benzene rings is 1. The lowest BCUT2D eigenvalue weighted by molar-refractivity contribution is 0.246. The van der Waals surface area contributed by atoms with Gasteiger partial charge in [0.2, 0.25) is 0 Å².